The third kappa shape index (κ3) is 3.37. The third-order valence-corrected chi connectivity index (χ3v) is 4.16. The van der Waals surface area contributed by atoms with Crippen molar-refractivity contribution in [3.05, 3.63) is 53.3 Å². The second kappa shape index (κ2) is 6.76. The number of aromatic nitrogens is 2. The lowest BCUT2D eigenvalue weighted by molar-refractivity contribution is -0.146. The minimum absolute atomic E-state index is 0.231. The zero-order chi connectivity index (χ0) is 18.0. The first-order valence-corrected chi connectivity index (χ1v) is 7.69. The van der Waals surface area contributed by atoms with E-state index in [9.17, 15) is 14.4 Å². The molecule has 1 aromatic heterocycles. The lowest BCUT2D eigenvalue weighted by atomic mass is 9.93. The van der Waals surface area contributed by atoms with Crippen molar-refractivity contribution in [1.82, 2.24) is 14.7 Å². The quantitative estimate of drug-likeness (QED) is 0.820. The summed E-state index contributed by atoms with van der Waals surface area (Å²) in [6.07, 6.45) is 3.04. The highest BCUT2D eigenvalue weighted by atomic mass is 16.5. The highest BCUT2D eigenvalue weighted by Gasteiger charge is 2.36. The molecule has 1 aliphatic rings. The number of carboxylic acids is 1. The SMILES string of the molecule is COC(=O)C1Cc2ccccc2CN1C(=O)c1cnn(CC(=O)O)c1. The second-order valence-corrected chi connectivity index (χ2v) is 5.77. The predicted molar refractivity (Wildman–Crippen MR) is 85.7 cm³/mol. The fourth-order valence-electron chi connectivity index (χ4n) is 2.95. The molecule has 8 nitrogen and oxygen atoms in total. The van der Waals surface area contributed by atoms with Gasteiger partial charge in [0.1, 0.15) is 12.6 Å². The highest BCUT2D eigenvalue weighted by Crippen LogP contribution is 2.25. The van der Waals surface area contributed by atoms with Gasteiger partial charge in [0.25, 0.3) is 5.91 Å². The number of aliphatic carboxylic acids is 1. The molecule has 130 valence electrons. The van der Waals surface area contributed by atoms with Gasteiger partial charge in [-0.25, -0.2) is 4.79 Å². The first kappa shape index (κ1) is 16.7. The minimum atomic E-state index is -1.05. The Bertz CT molecular complexity index is 829. The smallest absolute Gasteiger partial charge is 0.328 e. The van der Waals surface area contributed by atoms with E-state index in [1.165, 1.54) is 29.1 Å². The Labute approximate surface area is 143 Å². The van der Waals surface area contributed by atoms with Gasteiger partial charge in [-0.3, -0.25) is 14.3 Å². The molecule has 2 aromatic rings. The molecule has 1 aromatic carbocycles. The maximum atomic E-state index is 12.9. The summed E-state index contributed by atoms with van der Waals surface area (Å²) < 4.78 is 6.01. The van der Waals surface area contributed by atoms with Crippen LogP contribution in [-0.2, 0) is 33.8 Å². The number of ether oxygens (including phenoxy) is 1. The van der Waals surface area contributed by atoms with Crippen molar-refractivity contribution in [2.24, 2.45) is 0 Å². The molecule has 1 amide bonds. The van der Waals surface area contributed by atoms with Crippen molar-refractivity contribution in [3.8, 4) is 0 Å². The summed E-state index contributed by atoms with van der Waals surface area (Å²) in [5.41, 5.74) is 2.20. The number of carboxylic acid groups (broad SMARTS) is 1. The summed E-state index contributed by atoms with van der Waals surface area (Å²) in [5.74, 6) is -1.93. The summed E-state index contributed by atoms with van der Waals surface area (Å²) in [6.45, 7) is -0.0601. The fourth-order valence-corrected chi connectivity index (χ4v) is 2.95. The molecule has 25 heavy (non-hydrogen) atoms. The van der Waals surface area contributed by atoms with E-state index >= 15 is 0 Å². The number of amides is 1. The number of hydrogen-bond acceptors (Lipinski definition) is 5. The van der Waals surface area contributed by atoms with Gasteiger partial charge >= 0.3 is 11.9 Å². The van der Waals surface area contributed by atoms with Crippen molar-refractivity contribution in [2.75, 3.05) is 7.11 Å². The molecule has 0 fully saturated rings. The van der Waals surface area contributed by atoms with Gasteiger partial charge in [-0.2, -0.15) is 5.10 Å². The maximum absolute atomic E-state index is 12.9. The van der Waals surface area contributed by atoms with Crippen molar-refractivity contribution in [1.29, 1.82) is 0 Å². The summed E-state index contributed by atoms with van der Waals surface area (Å²) in [7, 11) is 1.29. The average Bonchev–Trinajstić information content (AvgIpc) is 3.07. The van der Waals surface area contributed by atoms with Gasteiger partial charge < -0.3 is 14.7 Å². The molecule has 1 atom stereocenters. The van der Waals surface area contributed by atoms with Gasteiger partial charge in [0.05, 0.1) is 18.9 Å². The van der Waals surface area contributed by atoms with Crippen LogP contribution in [0.4, 0.5) is 0 Å². The van der Waals surface area contributed by atoms with E-state index in [0.717, 1.165) is 11.1 Å². The lowest BCUT2D eigenvalue weighted by Crippen LogP contribution is -2.49. The number of carbonyl (C=O) groups is 3. The molecular formula is C17H17N3O5. The highest BCUT2D eigenvalue weighted by molar-refractivity contribution is 5.96. The van der Waals surface area contributed by atoms with Crippen LogP contribution in [0, 0.1) is 0 Å². The Morgan fingerprint density at radius 1 is 1.28 bits per heavy atom. The Balaban J connectivity index is 1.89. The Morgan fingerprint density at radius 2 is 2.00 bits per heavy atom. The number of fused-ring (bicyclic) bond motifs is 1. The van der Waals surface area contributed by atoms with Crippen LogP contribution in [0.1, 0.15) is 21.5 Å². The Hall–Kier alpha value is -3.16. The van der Waals surface area contributed by atoms with E-state index in [-0.39, 0.29) is 24.6 Å². The van der Waals surface area contributed by atoms with E-state index < -0.39 is 18.0 Å². The van der Waals surface area contributed by atoms with E-state index in [2.05, 4.69) is 5.10 Å². The molecule has 1 unspecified atom stereocenters. The Morgan fingerprint density at radius 3 is 2.68 bits per heavy atom. The van der Waals surface area contributed by atoms with Crippen molar-refractivity contribution < 1.29 is 24.2 Å². The van der Waals surface area contributed by atoms with Crippen LogP contribution >= 0.6 is 0 Å². The summed E-state index contributed by atoms with van der Waals surface area (Å²) in [6, 6.07) is 6.88. The monoisotopic (exact) mass is 343 g/mol. The summed E-state index contributed by atoms with van der Waals surface area (Å²) in [5, 5.41) is 12.7. The topological polar surface area (TPSA) is 102 Å². The number of methoxy groups -OCH3 is 1. The first-order valence-electron chi connectivity index (χ1n) is 7.69. The van der Waals surface area contributed by atoms with Crippen LogP contribution in [0.25, 0.3) is 0 Å². The molecule has 2 heterocycles. The molecule has 0 radical (unpaired) electrons. The van der Waals surface area contributed by atoms with Crippen molar-refractivity contribution >= 4 is 17.8 Å². The van der Waals surface area contributed by atoms with E-state index in [1.54, 1.807) is 0 Å². The van der Waals surface area contributed by atoms with E-state index in [4.69, 9.17) is 9.84 Å². The van der Waals surface area contributed by atoms with Crippen molar-refractivity contribution in [3.63, 3.8) is 0 Å². The Kier molecular flexibility index (Phi) is 4.51. The maximum Gasteiger partial charge on any atom is 0.328 e. The van der Waals surface area contributed by atoms with Gasteiger partial charge in [-0.05, 0) is 11.1 Å². The number of rotatable bonds is 4. The number of benzene rings is 1. The molecule has 0 saturated heterocycles. The standard InChI is InChI=1S/C17H17N3O5/c1-25-17(24)14-6-11-4-2-3-5-12(11)9-20(14)16(23)13-7-18-19(8-13)10-15(21)22/h2-5,7-8,14H,6,9-10H2,1H3,(H,21,22). The van der Waals surface area contributed by atoms with Gasteiger partial charge in [0.2, 0.25) is 0 Å². The molecule has 1 N–H and O–H groups in total. The number of carbonyl (C=O) groups excluding carboxylic acids is 2. The van der Waals surface area contributed by atoms with Crippen molar-refractivity contribution in [2.45, 2.75) is 25.6 Å². The molecule has 3 rings (SSSR count). The normalized spacial score (nSPS) is 16.2. The lowest BCUT2D eigenvalue weighted by Gasteiger charge is -2.34. The zero-order valence-electron chi connectivity index (χ0n) is 13.6. The first-order chi connectivity index (χ1) is 12.0. The fraction of sp³-hybridized carbons (Fsp3) is 0.294. The van der Waals surface area contributed by atoms with Gasteiger partial charge in [-0.15, -0.1) is 0 Å². The summed E-state index contributed by atoms with van der Waals surface area (Å²) >= 11 is 0. The van der Waals surface area contributed by atoms with E-state index in [0.29, 0.717) is 6.42 Å². The van der Waals surface area contributed by atoms with Crippen LogP contribution < -0.4 is 0 Å². The number of nitrogens with zero attached hydrogens (tertiary/aromatic N) is 3. The van der Waals surface area contributed by atoms with Crippen LogP contribution in [0.5, 0.6) is 0 Å². The van der Waals surface area contributed by atoms with Gasteiger partial charge in [0.15, 0.2) is 0 Å². The second-order valence-electron chi connectivity index (χ2n) is 5.77. The number of esters is 1. The third-order valence-electron chi connectivity index (χ3n) is 4.16. The van der Waals surface area contributed by atoms with Gasteiger partial charge in [0, 0.05) is 19.2 Å². The van der Waals surface area contributed by atoms with Crippen LogP contribution in [0.2, 0.25) is 0 Å². The van der Waals surface area contributed by atoms with E-state index in [1.807, 2.05) is 24.3 Å². The molecular weight excluding hydrogens is 326 g/mol. The molecule has 0 aliphatic carbocycles. The molecule has 0 bridgehead atoms. The number of hydrogen-bond donors (Lipinski definition) is 1. The minimum Gasteiger partial charge on any atom is -0.480 e. The molecule has 0 saturated carbocycles. The average molecular weight is 343 g/mol. The molecule has 8 heteroatoms. The van der Waals surface area contributed by atoms with Crippen LogP contribution in [0.15, 0.2) is 36.7 Å². The molecule has 0 spiro atoms. The zero-order valence-corrected chi connectivity index (χ0v) is 13.6. The summed E-state index contributed by atoms with van der Waals surface area (Å²) in [4.78, 5) is 37.2. The largest absolute Gasteiger partial charge is 0.480 e. The van der Waals surface area contributed by atoms with Crippen LogP contribution in [0.3, 0.4) is 0 Å². The molecule has 1 aliphatic heterocycles. The van der Waals surface area contributed by atoms with Gasteiger partial charge in [-0.1, -0.05) is 24.3 Å². The predicted octanol–water partition coefficient (Wildman–Crippen LogP) is 0.708. The van der Waals surface area contributed by atoms with Crippen LogP contribution in [-0.4, -0.2) is 50.8 Å².